The van der Waals surface area contributed by atoms with E-state index in [2.05, 4.69) is 27.3 Å². The summed E-state index contributed by atoms with van der Waals surface area (Å²) in [6.45, 7) is 5.48. The Morgan fingerprint density at radius 3 is 2.81 bits per heavy atom. The Morgan fingerprint density at radius 2 is 2.12 bits per heavy atom. The summed E-state index contributed by atoms with van der Waals surface area (Å²) in [4.78, 5) is 26.6. The number of benzene rings is 1. The van der Waals surface area contributed by atoms with E-state index < -0.39 is 10.8 Å². The highest BCUT2D eigenvalue weighted by molar-refractivity contribution is 6.04. The second-order valence-corrected chi connectivity index (χ2v) is 5.92. The lowest BCUT2D eigenvalue weighted by molar-refractivity contribution is -0.384. The molecule has 1 N–H and O–H groups in total. The molecule has 1 aromatic carbocycles. The van der Waals surface area contributed by atoms with Gasteiger partial charge in [-0.25, -0.2) is 0 Å². The fourth-order valence-corrected chi connectivity index (χ4v) is 2.87. The van der Waals surface area contributed by atoms with Gasteiger partial charge in [-0.15, -0.1) is 11.7 Å². The minimum atomic E-state index is -0.531. The molecule has 0 radical (unpaired) electrons. The SMILES string of the molecule is C=CCn1nnc(NC(=O)c2ccc(N3CCCCC3)c([N+](=O)[O-])c2)n1. The number of carbonyl (C=O) groups excluding carboxylic acids is 1. The number of allylic oxidation sites excluding steroid dienone is 1. The predicted molar refractivity (Wildman–Crippen MR) is 95.1 cm³/mol. The van der Waals surface area contributed by atoms with Crippen molar-refractivity contribution in [1.82, 2.24) is 20.2 Å². The van der Waals surface area contributed by atoms with Crippen LogP contribution in [0.25, 0.3) is 0 Å². The molecule has 1 aromatic heterocycles. The maximum absolute atomic E-state index is 12.4. The van der Waals surface area contributed by atoms with E-state index in [1.54, 1.807) is 18.2 Å². The van der Waals surface area contributed by atoms with Gasteiger partial charge in [-0.1, -0.05) is 11.2 Å². The number of aromatic nitrogens is 4. The first-order chi connectivity index (χ1) is 12.6. The van der Waals surface area contributed by atoms with E-state index in [-0.39, 0.29) is 17.2 Å². The van der Waals surface area contributed by atoms with Gasteiger partial charge in [0.15, 0.2) is 0 Å². The normalized spacial score (nSPS) is 14.1. The number of hydrogen-bond acceptors (Lipinski definition) is 7. The first kappa shape index (κ1) is 17.5. The van der Waals surface area contributed by atoms with Crippen LogP contribution >= 0.6 is 0 Å². The Kier molecular flexibility index (Phi) is 5.20. The third-order valence-electron chi connectivity index (χ3n) is 4.10. The van der Waals surface area contributed by atoms with Crippen molar-refractivity contribution in [3.05, 3.63) is 46.5 Å². The van der Waals surface area contributed by atoms with Crippen LogP contribution in [-0.4, -0.2) is 44.1 Å². The lowest BCUT2D eigenvalue weighted by Gasteiger charge is -2.28. The molecular formula is C16H19N7O3. The Hall–Kier alpha value is -3.30. The van der Waals surface area contributed by atoms with Crippen molar-refractivity contribution in [2.75, 3.05) is 23.3 Å². The standard InChI is InChI=1S/C16H19N7O3/c1-2-8-22-19-16(18-20-22)17-15(24)12-6-7-13(14(11-12)23(25)26)21-9-4-3-5-10-21/h2,6-7,11H,1,3-5,8-10H2,(H,17,19,24). The van der Waals surface area contributed by atoms with Crippen LogP contribution in [0.1, 0.15) is 29.6 Å². The fourth-order valence-electron chi connectivity index (χ4n) is 2.87. The number of piperidine rings is 1. The molecule has 26 heavy (non-hydrogen) atoms. The topological polar surface area (TPSA) is 119 Å². The van der Waals surface area contributed by atoms with Crippen molar-refractivity contribution in [3.8, 4) is 0 Å². The van der Waals surface area contributed by atoms with Crippen LogP contribution in [0.4, 0.5) is 17.3 Å². The zero-order valence-corrected chi connectivity index (χ0v) is 14.2. The zero-order valence-electron chi connectivity index (χ0n) is 14.2. The molecule has 10 heteroatoms. The number of nitro benzene ring substituents is 1. The van der Waals surface area contributed by atoms with Gasteiger partial charge in [-0.3, -0.25) is 20.2 Å². The van der Waals surface area contributed by atoms with Gasteiger partial charge >= 0.3 is 0 Å². The number of amides is 1. The van der Waals surface area contributed by atoms with Crippen LogP contribution in [0.3, 0.4) is 0 Å². The molecule has 0 unspecified atom stereocenters. The van der Waals surface area contributed by atoms with Crippen LogP contribution in [0.15, 0.2) is 30.9 Å². The fraction of sp³-hybridized carbons (Fsp3) is 0.375. The average molecular weight is 357 g/mol. The largest absolute Gasteiger partial charge is 0.366 e. The number of nitrogens with one attached hydrogen (secondary N) is 1. The van der Waals surface area contributed by atoms with E-state index >= 15 is 0 Å². The molecular weight excluding hydrogens is 338 g/mol. The Bertz CT molecular complexity index is 827. The van der Waals surface area contributed by atoms with Crippen LogP contribution in [0, 0.1) is 10.1 Å². The minimum absolute atomic E-state index is 0.0274. The van der Waals surface area contributed by atoms with Crippen molar-refractivity contribution >= 4 is 23.2 Å². The lowest BCUT2D eigenvalue weighted by atomic mass is 10.1. The minimum Gasteiger partial charge on any atom is -0.366 e. The van der Waals surface area contributed by atoms with E-state index in [1.807, 2.05) is 4.90 Å². The molecule has 2 aromatic rings. The zero-order chi connectivity index (χ0) is 18.5. The van der Waals surface area contributed by atoms with Crippen molar-refractivity contribution in [2.45, 2.75) is 25.8 Å². The molecule has 0 atom stereocenters. The second kappa shape index (κ2) is 7.72. The number of anilines is 2. The Labute approximate surface area is 149 Å². The molecule has 2 heterocycles. The van der Waals surface area contributed by atoms with Crippen molar-refractivity contribution in [2.24, 2.45) is 0 Å². The van der Waals surface area contributed by atoms with E-state index in [4.69, 9.17) is 0 Å². The number of nitrogens with zero attached hydrogens (tertiary/aromatic N) is 6. The quantitative estimate of drug-likeness (QED) is 0.477. The first-order valence-electron chi connectivity index (χ1n) is 8.32. The summed E-state index contributed by atoms with van der Waals surface area (Å²) in [6.07, 6.45) is 4.73. The third-order valence-corrected chi connectivity index (χ3v) is 4.10. The molecule has 1 aliphatic rings. The molecule has 0 aliphatic carbocycles. The molecule has 0 spiro atoms. The highest BCUT2D eigenvalue weighted by Gasteiger charge is 2.23. The summed E-state index contributed by atoms with van der Waals surface area (Å²) in [5.74, 6) is -0.504. The number of nitro groups is 1. The van der Waals surface area contributed by atoms with Gasteiger partial charge < -0.3 is 4.90 Å². The molecule has 0 saturated carbocycles. The van der Waals surface area contributed by atoms with Crippen molar-refractivity contribution in [1.29, 1.82) is 0 Å². The Balaban J connectivity index is 1.80. The second-order valence-electron chi connectivity index (χ2n) is 5.92. The van der Waals surface area contributed by atoms with E-state index in [0.717, 1.165) is 32.4 Å². The summed E-state index contributed by atoms with van der Waals surface area (Å²) in [6, 6.07) is 4.48. The molecule has 1 aliphatic heterocycles. The van der Waals surface area contributed by atoms with Gasteiger partial charge in [0.05, 0.1) is 11.5 Å². The van der Waals surface area contributed by atoms with Crippen molar-refractivity contribution < 1.29 is 9.72 Å². The maximum Gasteiger partial charge on any atom is 0.293 e. The van der Waals surface area contributed by atoms with Crippen LogP contribution in [0.2, 0.25) is 0 Å². The lowest BCUT2D eigenvalue weighted by Crippen LogP contribution is -2.30. The number of rotatable bonds is 6. The van der Waals surface area contributed by atoms with Gasteiger partial charge in [0.25, 0.3) is 17.5 Å². The summed E-state index contributed by atoms with van der Waals surface area (Å²) in [5.41, 5.74) is 0.627. The average Bonchev–Trinajstić information content (AvgIpc) is 3.09. The van der Waals surface area contributed by atoms with Gasteiger partial charge in [0.1, 0.15) is 5.69 Å². The van der Waals surface area contributed by atoms with Crippen LogP contribution in [-0.2, 0) is 6.54 Å². The molecule has 1 fully saturated rings. The maximum atomic E-state index is 12.4. The number of tetrazole rings is 1. The predicted octanol–water partition coefficient (Wildman–Crippen LogP) is 2.01. The summed E-state index contributed by atoms with van der Waals surface area (Å²) in [7, 11) is 0. The van der Waals surface area contributed by atoms with Crippen LogP contribution in [0.5, 0.6) is 0 Å². The summed E-state index contributed by atoms with van der Waals surface area (Å²) in [5, 5.41) is 25.4. The summed E-state index contributed by atoms with van der Waals surface area (Å²) >= 11 is 0. The van der Waals surface area contributed by atoms with Crippen LogP contribution < -0.4 is 10.2 Å². The monoisotopic (exact) mass is 357 g/mol. The van der Waals surface area contributed by atoms with E-state index in [9.17, 15) is 14.9 Å². The molecule has 1 saturated heterocycles. The number of carbonyl (C=O) groups is 1. The van der Waals surface area contributed by atoms with E-state index in [1.165, 1.54) is 10.9 Å². The summed E-state index contributed by atoms with van der Waals surface area (Å²) < 4.78 is 0. The van der Waals surface area contributed by atoms with Gasteiger partial charge in [-0.05, 0) is 36.6 Å². The molecule has 10 nitrogen and oxygen atoms in total. The third kappa shape index (κ3) is 3.85. The van der Waals surface area contributed by atoms with Gasteiger partial charge in [0, 0.05) is 24.7 Å². The highest BCUT2D eigenvalue weighted by atomic mass is 16.6. The smallest absolute Gasteiger partial charge is 0.293 e. The van der Waals surface area contributed by atoms with Crippen molar-refractivity contribution in [3.63, 3.8) is 0 Å². The number of hydrogen-bond donors (Lipinski definition) is 1. The Morgan fingerprint density at radius 1 is 1.35 bits per heavy atom. The highest BCUT2D eigenvalue weighted by Crippen LogP contribution is 2.31. The van der Waals surface area contributed by atoms with Gasteiger partial charge in [-0.2, -0.15) is 4.80 Å². The first-order valence-corrected chi connectivity index (χ1v) is 8.32. The molecule has 136 valence electrons. The molecule has 1 amide bonds. The van der Waals surface area contributed by atoms with E-state index in [0.29, 0.717) is 12.2 Å². The van der Waals surface area contributed by atoms with Gasteiger partial charge in [0.2, 0.25) is 0 Å². The molecule has 3 rings (SSSR count). The molecule has 0 bridgehead atoms.